The average Bonchev–Trinajstić information content (AvgIpc) is 3.26. The zero-order valence-corrected chi connectivity index (χ0v) is 12.4. The summed E-state index contributed by atoms with van der Waals surface area (Å²) in [5.41, 5.74) is 7.44. The molecular formula is C16H18N2O2S. The molecule has 110 valence electrons. The van der Waals surface area contributed by atoms with Crippen molar-refractivity contribution in [2.45, 2.75) is 29.8 Å². The zero-order valence-electron chi connectivity index (χ0n) is 11.6. The van der Waals surface area contributed by atoms with Crippen molar-refractivity contribution >= 4 is 10.0 Å². The van der Waals surface area contributed by atoms with Crippen LogP contribution in [0, 0.1) is 0 Å². The van der Waals surface area contributed by atoms with E-state index >= 15 is 0 Å². The fraction of sp³-hybridized carbons (Fsp3) is 0.250. The molecule has 1 aliphatic rings. The van der Waals surface area contributed by atoms with Crippen LogP contribution in [-0.4, -0.2) is 14.5 Å². The van der Waals surface area contributed by atoms with Gasteiger partial charge in [-0.1, -0.05) is 48.5 Å². The first-order valence-corrected chi connectivity index (χ1v) is 8.45. The van der Waals surface area contributed by atoms with E-state index in [4.69, 9.17) is 5.73 Å². The van der Waals surface area contributed by atoms with Crippen LogP contribution in [0.25, 0.3) is 0 Å². The van der Waals surface area contributed by atoms with E-state index in [-0.39, 0.29) is 23.4 Å². The predicted octanol–water partition coefficient (Wildman–Crippen LogP) is 1.98. The Kier molecular flexibility index (Phi) is 3.80. The van der Waals surface area contributed by atoms with Crippen molar-refractivity contribution in [3.05, 3.63) is 65.7 Å². The maximum Gasteiger partial charge on any atom is 0.241 e. The number of nitrogens with two attached hydrogens (primary N) is 1. The number of sulfonamides is 1. The highest BCUT2D eigenvalue weighted by molar-refractivity contribution is 7.89. The van der Waals surface area contributed by atoms with Gasteiger partial charge in [-0.3, -0.25) is 0 Å². The molecule has 1 fully saturated rings. The van der Waals surface area contributed by atoms with Crippen molar-refractivity contribution in [1.29, 1.82) is 0 Å². The Morgan fingerprint density at radius 2 is 1.71 bits per heavy atom. The third kappa shape index (κ3) is 3.00. The number of hydrogen-bond donors (Lipinski definition) is 2. The van der Waals surface area contributed by atoms with Gasteiger partial charge in [0.15, 0.2) is 0 Å². The minimum atomic E-state index is -3.51. The van der Waals surface area contributed by atoms with Crippen LogP contribution in [0.15, 0.2) is 59.5 Å². The van der Waals surface area contributed by atoms with Gasteiger partial charge >= 0.3 is 0 Å². The Morgan fingerprint density at radius 1 is 1.05 bits per heavy atom. The van der Waals surface area contributed by atoms with Crippen LogP contribution in [0.4, 0.5) is 0 Å². The summed E-state index contributed by atoms with van der Waals surface area (Å²) in [6.07, 6.45) is 0.841. The smallest absolute Gasteiger partial charge is 0.241 e. The monoisotopic (exact) mass is 302 g/mol. The molecule has 2 aromatic carbocycles. The molecule has 0 radical (unpaired) electrons. The summed E-state index contributed by atoms with van der Waals surface area (Å²) >= 11 is 0. The van der Waals surface area contributed by atoms with Gasteiger partial charge in [0.1, 0.15) is 0 Å². The van der Waals surface area contributed by atoms with Gasteiger partial charge in [0.05, 0.1) is 4.90 Å². The van der Waals surface area contributed by atoms with Crippen LogP contribution >= 0.6 is 0 Å². The molecule has 0 saturated heterocycles. The minimum absolute atomic E-state index is 0.0248. The molecule has 0 spiro atoms. The molecular weight excluding hydrogens is 284 g/mol. The summed E-state index contributed by atoms with van der Waals surface area (Å²) in [5, 5.41) is 0. The van der Waals surface area contributed by atoms with E-state index in [9.17, 15) is 8.42 Å². The lowest BCUT2D eigenvalue weighted by Crippen LogP contribution is -2.28. The van der Waals surface area contributed by atoms with Gasteiger partial charge in [0.25, 0.3) is 0 Å². The normalized spacial score (nSPS) is 21.2. The molecule has 0 bridgehead atoms. The summed E-state index contributed by atoms with van der Waals surface area (Å²) in [5.74, 6) is 0.269. The largest absolute Gasteiger partial charge is 0.326 e. The van der Waals surface area contributed by atoms with Crippen LogP contribution < -0.4 is 10.5 Å². The number of nitrogens with one attached hydrogen (secondary N) is 1. The number of rotatable bonds is 5. The Hall–Kier alpha value is -1.69. The predicted molar refractivity (Wildman–Crippen MR) is 82.2 cm³/mol. The second kappa shape index (κ2) is 5.60. The molecule has 5 heteroatoms. The van der Waals surface area contributed by atoms with Gasteiger partial charge in [-0.2, -0.15) is 0 Å². The van der Waals surface area contributed by atoms with Crippen molar-refractivity contribution in [2.24, 2.45) is 5.73 Å². The topological polar surface area (TPSA) is 72.2 Å². The maximum absolute atomic E-state index is 12.5. The van der Waals surface area contributed by atoms with E-state index in [1.807, 2.05) is 30.3 Å². The van der Waals surface area contributed by atoms with E-state index in [0.29, 0.717) is 5.56 Å². The molecule has 0 amide bonds. The van der Waals surface area contributed by atoms with Gasteiger partial charge in [0, 0.05) is 18.5 Å². The van der Waals surface area contributed by atoms with Crippen molar-refractivity contribution in [3.8, 4) is 0 Å². The Bertz CT molecular complexity index is 729. The third-order valence-corrected chi connectivity index (χ3v) is 5.40. The third-order valence-electron chi connectivity index (χ3n) is 3.81. The molecule has 4 nitrogen and oxygen atoms in total. The van der Waals surface area contributed by atoms with E-state index in [1.165, 1.54) is 5.56 Å². The summed E-state index contributed by atoms with van der Waals surface area (Å²) in [7, 11) is -3.51. The lowest BCUT2D eigenvalue weighted by Gasteiger charge is -2.10. The van der Waals surface area contributed by atoms with Crippen molar-refractivity contribution in [1.82, 2.24) is 4.72 Å². The van der Waals surface area contributed by atoms with Crippen molar-refractivity contribution < 1.29 is 8.42 Å². The van der Waals surface area contributed by atoms with Crippen LogP contribution in [0.1, 0.15) is 23.5 Å². The first-order chi connectivity index (χ1) is 10.1. The van der Waals surface area contributed by atoms with Gasteiger partial charge in [0.2, 0.25) is 10.0 Å². The van der Waals surface area contributed by atoms with Gasteiger partial charge in [-0.25, -0.2) is 13.1 Å². The fourth-order valence-electron chi connectivity index (χ4n) is 2.59. The number of benzene rings is 2. The molecule has 1 saturated carbocycles. The molecule has 0 heterocycles. The van der Waals surface area contributed by atoms with Crippen molar-refractivity contribution in [2.75, 3.05) is 0 Å². The van der Waals surface area contributed by atoms with Crippen molar-refractivity contribution in [3.63, 3.8) is 0 Å². The van der Waals surface area contributed by atoms with Gasteiger partial charge < -0.3 is 5.73 Å². The SMILES string of the molecule is NCc1ccccc1S(=O)(=O)NC1CC1c1ccccc1. The number of hydrogen-bond acceptors (Lipinski definition) is 3. The molecule has 2 unspecified atom stereocenters. The van der Waals surface area contributed by atoms with E-state index in [1.54, 1.807) is 24.3 Å². The highest BCUT2D eigenvalue weighted by atomic mass is 32.2. The molecule has 0 aliphatic heterocycles. The molecule has 2 atom stereocenters. The standard InChI is InChI=1S/C16H18N2O2S/c17-11-13-8-4-5-9-16(13)21(19,20)18-15-10-14(15)12-6-2-1-3-7-12/h1-9,14-15,18H,10-11,17H2. The van der Waals surface area contributed by atoms with Gasteiger partial charge in [-0.05, 0) is 23.6 Å². The highest BCUT2D eigenvalue weighted by Gasteiger charge is 2.41. The second-order valence-electron chi connectivity index (χ2n) is 5.29. The average molecular weight is 302 g/mol. The minimum Gasteiger partial charge on any atom is -0.326 e. The van der Waals surface area contributed by atoms with Gasteiger partial charge in [-0.15, -0.1) is 0 Å². The van der Waals surface area contributed by atoms with Crippen LogP contribution in [0.5, 0.6) is 0 Å². The second-order valence-corrected chi connectivity index (χ2v) is 6.97. The lowest BCUT2D eigenvalue weighted by atomic mass is 10.1. The first kappa shape index (κ1) is 14.3. The Labute approximate surface area is 125 Å². The summed E-state index contributed by atoms with van der Waals surface area (Å²) in [6.45, 7) is 0.212. The Morgan fingerprint density at radius 3 is 2.43 bits per heavy atom. The van der Waals surface area contributed by atoms with Crippen LogP contribution in [0.3, 0.4) is 0 Å². The first-order valence-electron chi connectivity index (χ1n) is 6.97. The quantitative estimate of drug-likeness (QED) is 0.887. The zero-order chi connectivity index (χ0) is 14.9. The molecule has 3 N–H and O–H groups in total. The molecule has 3 rings (SSSR count). The Balaban J connectivity index is 1.77. The van der Waals surface area contributed by atoms with E-state index < -0.39 is 10.0 Å². The lowest BCUT2D eigenvalue weighted by molar-refractivity contribution is 0.578. The fourth-order valence-corrected chi connectivity index (χ4v) is 4.13. The van der Waals surface area contributed by atoms with E-state index in [2.05, 4.69) is 4.72 Å². The van der Waals surface area contributed by atoms with Crippen LogP contribution in [0.2, 0.25) is 0 Å². The summed E-state index contributed by atoms with van der Waals surface area (Å²) < 4.78 is 27.7. The summed E-state index contributed by atoms with van der Waals surface area (Å²) in [6, 6.07) is 16.8. The molecule has 1 aliphatic carbocycles. The highest BCUT2D eigenvalue weighted by Crippen LogP contribution is 2.41. The van der Waals surface area contributed by atoms with Crippen LogP contribution in [-0.2, 0) is 16.6 Å². The molecule has 2 aromatic rings. The summed E-state index contributed by atoms with van der Waals surface area (Å²) in [4.78, 5) is 0.284. The maximum atomic E-state index is 12.5. The molecule has 0 aromatic heterocycles. The molecule has 21 heavy (non-hydrogen) atoms. The van der Waals surface area contributed by atoms with E-state index in [0.717, 1.165) is 6.42 Å².